The summed E-state index contributed by atoms with van der Waals surface area (Å²) in [6, 6.07) is 7.57. The van der Waals surface area contributed by atoms with Gasteiger partial charge in [0.05, 0.1) is 6.61 Å². The molecule has 1 aliphatic heterocycles. The molecule has 0 saturated carbocycles. The van der Waals surface area contributed by atoms with Crippen molar-refractivity contribution < 1.29 is 14.3 Å². The SMILES string of the molecule is CNC(=O)/C=C/c1ccc(OCC2CO2)cc1. The predicted molar refractivity (Wildman–Crippen MR) is 64.8 cm³/mol. The normalized spacial score (nSPS) is 18.1. The van der Waals surface area contributed by atoms with E-state index in [1.54, 1.807) is 13.1 Å². The fourth-order valence-electron chi connectivity index (χ4n) is 1.28. The van der Waals surface area contributed by atoms with Crippen molar-refractivity contribution in [3.63, 3.8) is 0 Å². The van der Waals surface area contributed by atoms with Crippen LogP contribution in [0.1, 0.15) is 5.56 Å². The summed E-state index contributed by atoms with van der Waals surface area (Å²) in [6.45, 7) is 1.40. The highest BCUT2D eigenvalue weighted by Crippen LogP contribution is 2.16. The minimum atomic E-state index is -0.115. The highest BCUT2D eigenvalue weighted by Gasteiger charge is 2.22. The molecule has 1 amide bonds. The van der Waals surface area contributed by atoms with Gasteiger partial charge < -0.3 is 14.8 Å². The zero-order valence-electron chi connectivity index (χ0n) is 9.68. The van der Waals surface area contributed by atoms with Crippen molar-refractivity contribution in [1.29, 1.82) is 0 Å². The Kier molecular flexibility index (Phi) is 3.77. The maximum absolute atomic E-state index is 11.0. The zero-order chi connectivity index (χ0) is 12.1. The molecule has 1 heterocycles. The third-order valence-corrected chi connectivity index (χ3v) is 2.39. The van der Waals surface area contributed by atoms with E-state index in [4.69, 9.17) is 9.47 Å². The number of carbonyl (C=O) groups is 1. The number of carbonyl (C=O) groups excluding carboxylic acids is 1. The van der Waals surface area contributed by atoms with Crippen molar-refractivity contribution in [2.24, 2.45) is 0 Å². The Hall–Kier alpha value is -1.81. The summed E-state index contributed by atoms with van der Waals surface area (Å²) >= 11 is 0. The number of benzene rings is 1. The van der Waals surface area contributed by atoms with Gasteiger partial charge in [0.15, 0.2) is 0 Å². The van der Waals surface area contributed by atoms with Gasteiger partial charge in [0.1, 0.15) is 18.5 Å². The van der Waals surface area contributed by atoms with Crippen LogP contribution < -0.4 is 10.1 Å². The lowest BCUT2D eigenvalue weighted by atomic mass is 10.2. The first-order chi connectivity index (χ1) is 8.28. The van der Waals surface area contributed by atoms with E-state index in [9.17, 15) is 4.79 Å². The largest absolute Gasteiger partial charge is 0.491 e. The van der Waals surface area contributed by atoms with Crippen molar-refractivity contribution in [2.75, 3.05) is 20.3 Å². The Labute approximate surface area is 100 Å². The predicted octanol–water partition coefficient (Wildman–Crippen LogP) is 1.22. The standard InChI is InChI=1S/C13H15NO3/c1-14-13(15)7-4-10-2-5-11(6-3-10)16-8-12-9-17-12/h2-7,12H,8-9H2,1H3,(H,14,15)/b7-4+. The van der Waals surface area contributed by atoms with E-state index in [2.05, 4.69) is 5.32 Å². The number of rotatable bonds is 5. The molecule has 1 atom stereocenters. The number of hydrogen-bond donors (Lipinski definition) is 1. The molecule has 1 N–H and O–H groups in total. The topological polar surface area (TPSA) is 50.9 Å². The highest BCUT2D eigenvalue weighted by molar-refractivity contribution is 5.91. The van der Waals surface area contributed by atoms with Gasteiger partial charge in [-0.3, -0.25) is 4.79 Å². The fourth-order valence-corrected chi connectivity index (χ4v) is 1.28. The number of amides is 1. The molecule has 1 aromatic rings. The summed E-state index contributed by atoms with van der Waals surface area (Å²) < 4.78 is 10.6. The molecule has 1 unspecified atom stereocenters. The van der Waals surface area contributed by atoms with Gasteiger partial charge in [0.2, 0.25) is 5.91 Å². The van der Waals surface area contributed by atoms with Gasteiger partial charge in [-0.25, -0.2) is 0 Å². The second-order valence-electron chi connectivity index (χ2n) is 3.78. The van der Waals surface area contributed by atoms with E-state index in [-0.39, 0.29) is 12.0 Å². The maximum Gasteiger partial charge on any atom is 0.243 e. The van der Waals surface area contributed by atoms with E-state index in [1.807, 2.05) is 24.3 Å². The molecule has 0 aromatic heterocycles. The summed E-state index contributed by atoms with van der Waals surface area (Å²) in [4.78, 5) is 11.0. The van der Waals surface area contributed by atoms with Crippen LogP contribution in [-0.2, 0) is 9.53 Å². The Bertz CT molecular complexity index is 407. The molecule has 17 heavy (non-hydrogen) atoms. The summed E-state index contributed by atoms with van der Waals surface area (Å²) in [6.07, 6.45) is 3.52. The van der Waals surface area contributed by atoms with Crippen LogP contribution in [0.25, 0.3) is 6.08 Å². The molecule has 0 aliphatic carbocycles. The maximum atomic E-state index is 11.0. The van der Waals surface area contributed by atoms with Crippen molar-refractivity contribution in [3.8, 4) is 5.75 Å². The van der Waals surface area contributed by atoms with Gasteiger partial charge in [-0.15, -0.1) is 0 Å². The summed E-state index contributed by atoms with van der Waals surface area (Å²) in [5.74, 6) is 0.703. The van der Waals surface area contributed by atoms with Crippen LogP contribution in [-0.4, -0.2) is 32.3 Å². The van der Waals surface area contributed by atoms with E-state index >= 15 is 0 Å². The van der Waals surface area contributed by atoms with E-state index < -0.39 is 0 Å². The molecule has 1 aromatic carbocycles. The van der Waals surface area contributed by atoms with Gasteiger partial charge in [-0.05, 0) is 23.8 Å². The van der Waals surface area contributed by atoms with Crippen LogP contribution in [0, 0.1) is 0 Å². The molecular formula is C13H15NO3. The number of ether oxygens (including phenoxy) is 2. The Morgan fingerprint density at radius 1 is 1.53 bits per heavy atom. The van der Waals surface area contributed by atoms with Crippen LogP contribution >= 0.6 is 0 Å². The lowest BCUT2D eigenvalue weighted by molar-refractivity contribution is -0.115. The molecule has 1 saturated heterocycles. The monoisotopic (exact) mass is 233 g/mol. The number of epoxide rings is 1. The fraction of sp³-hybridized carbons (Fsp3) is 0.308. The van der Waals surface area contributed by atoms with Crippen LogP contribution in [0.5, 0.6) is 5.75 Å². The van der Waals surface area contributed by atoms with Crippen LogP contribution in [0.2, 0.25) is 0 Å². The first-order valence-corrected chi connectivity index (χ1v) is 5.52. The minimum absolute atomic E-state index is 0.115. The molecule has 0 bridgehead atoms. The van der Waals surface area contributed by atoms with Crippen molar-refractivity contribution in [2.45, 2.75) is 6.10 Å². The molecule has 2 rings (SSSR count). The second-order valence-corrected chi connectivity index (χ2v) is 3.78. The van der Waals surface area contributed by atoms with E-state index in [1.165, 1.54) is 6.08 Å². The van der Waals surface area contributed by atoms with Crippen LogP contribution in [0.3, 0.4) is 0 Å². The zero-order valence-corrected chi connectivity index (χ0v) is 9.68. The summed E-state index contributed by atoms with van der Waals surface area (Å²) in [5, 5.41) is 2.52. The number of nitrogens with one attached hydrogen (secondary N) is 1. The third-order valence-electron chi connectivity index (χ3n) is 2.39. The van der Waals surface area contributed by atoms with E-state index in [0.29, 0.717) is 6.61 Å². The Balaban J connectivity index is 1.87. The Morgan fingerprint density at radius 2 is 2.24 bits per heavy atom. The van der Waals surface area contributed by atoms with E-state index in [0.717, 1.165) is 17.9 Å². The molecule has 4 heteroatoms. The third kappa shape index (κ3) is 3.92. The van der Waals surface area contributed by atoms with Gasteiger partial charge in [-0.1, -0.05) is 12.1 Å². The summed E-state index contributed by atoms with van der Waals surface area (Å²) in [7, 11) is 1.60. The van der Waals surface area contributed by atoms with Gasteiger partial charge in [0.25, 0.3) is 0 Å². The van der Waals surface area contributed by atoms with Crippen molar-refractivity contribution >= 4 is 12.0 Å². The quantitative estimate of drug-likeness (QED) is 0.614. The van der Waals surface area contributed by atoms with Gasteiger partial charge in [0, 0.05) is 13.1 Å². The van der Waals surface area contributed by atoms with Crippen LogP contribution in [0.4, 0.5) is 0 Å². The first-order valence-electron chi connectivity index (χ1n) is 5.52. The molecule has 0 spiro atoms. The molecule has 90 valence electrons. The second kappa shape index (κ2) is 5.50. The van der Waals surface area contributed by atoms with Crippen molar-refractivity contribution in [3.05, 3.63) is 35.9 Å². The Morgan fingerprint density at radius 3 is 2.82 bits per heavy atom. The number of likely N-dealkylation sites (N-methyl/N-ethyl adjacent to an activating group) is 1. The van der Waals surface area contributed by atoms with Crippen LogP contribution in [0.15, 0.2) is 30.3 Å². The van der Waals surface area contributed by atoms with Gasteiger partial charge in [-0.2, -0.15) is 0 Å². The smallest absolute Gasteiger partial charge is 0.243 e. The number of hydrogen-bond acceptors (Lipinski definition) is 3. The molecule has 1 aliphatic rings. The molecule has 0 radical (unpaired) electrons. The minimum Gasteiger partial charge on any atom is -0.491 e. The molecular weight excluding hydrogens is 218 g/mol. The summed E-state index contributed by atoms with van der Waals surface area (Å²) in [5.41, 5.74) is 0.962. The highest BCUT2D eigenvalue weighted by atomic mass is 16.6. The van der Waals surface area contributed by atoms with Crippen molar-refractivity contribution in [1.82, 2.24) is 5.32 Å². The lowest BCUT2D eigenvalue weighted by Crippen LogP contribution is -2.13. The first kappa shape index (κ1) is 11.7. The molecule has 4 nitrogen and oxygen atoms in total. The molecule has 1 fully saturated rings. The lowest BCUT2D eigenvalue weighted by Gasteiger charge is -2.03. The van der Waals surface area contributed by atoms with Gasteiger partial charge >= 0.3 is 0 Å². The average molecular weight is 233 g/mol. The average Bonchev–Trinajstić information content (AvgIpc) is 3.18.